The Bertz CT molecular complexity index is 633. The van der Waals surface area contributed by atoms with Crippen LogP contribution in [0.1, 0.15) is 25.7 Å². The predicted molar refractivity (Wildman–Crippen MR) is 78.8 cm³/mol. The zero-order valence-electron chi connectivity index (χ0n) is 12.1. The number of benzene rings is 1. The topological polar surface area (TPSA) is 71.3 Å². The van der Waals surface area contributed by atoms with Crippen LogP contribution in [0.4, 0.5) is 15.2 Å². The quantitative estimate of drug-likeness (QED) is 0.924. The van der Waals surface area contributed by atoms with Gasteiger partial charge < -0.3 is 9.32 Å². The van der Waals surface area contributed by atoms with Gasteiger partial charge in [0.1, 0.15) is 5.82 Å². The van der Waals surface area contributed by atoms with Crippen LogP contribution in [0, 0.1) is 5.82 Å². The van der Waals surface area contributed by atoms with Crippen LogP contribution in [-0.4, -0.2) is 34.2 Å². The summed E-state index contributed by atoms with van der Waals surface area (Å²) >= 11 is 0. The molecule has 2 aromatic rings. The fraction of sp³-hybridized carbons (Fsp3) is 0.400. The molecule has 2 heterocycles. The van der Waals surface area contributed by atoms with Gasteiger partial charge in [0.2, 0.25) is 5.89 Å². The molecule has 0 bridgehead atoms. The summed E-state index contributed by atoms with van der Waals surface area (Å²) in [6.45, 7) is 1.48. The molecule has 0 aliphatic carbocycles. The monoisotopic (exact) mass is 304 g/mol. The molecule has 1 aliphatic rings. The number of amides is 2. The summed E-state index contributed by atoms with van der Waals surface area (Å²) < 4.78 is 18.3. The Morgan fingerprint density at radius 3 is 2.45 bits per heavy atom. The normalized spacial score (nSPS) is 15.4. The van der Waals surface area contributed by atoms with Gasteiger partial charge in [-0.3, -0.25) is 5.32 Å². The van der Waals surface area contributed by atoms with E-state index in [1.54, 1.807) is 17.0 Å². The standard InChI is InChI=1S/C15H17FN4O2/c16-12-7-5-11(6-8-12)13-18-19-14(22-13)17-15(21)20-9-3-1-2-4-10-20/h5-8H,1-4,9-10H2,(H,17,19,21). The third-order valence-corrected chi connectivity index (χ3v) is 3.62. The molecular weight excluding hydrogens is 287 g/mol. The van der Waals surface area contributed by atoms with Gasteiger partial charge in [-0.15, -0.1) is 5.10 Å². The largest absolute Gasteiger partial charge is 0.403 e. The van der Waals surface area contributed by atoms with E-state index in [4.69, 9.17) is 4.42 Å². The number of likely N-dealkylation sites (tertiary alicyclic amines) is 1. The number of urea groups is 1. The van der Waals surface area contributed by atoms with E-state index >= 15 is 0 Å². The van der Waals surface area contributed by atoms with Crippen LogP contribution in [0.5, 0.6) is 0 Å². The van der Waals surface area contributed by atoms with Gasteiger partial charge in [-0.05, 0) is 37.1 Å². The summed E-state index contributed by atoms with van der Waals surface area (Å²) in [4.78, 5) is 13.9. The highest BCUT2D eigenvalue weighted by Crippen LogP contribution is 2.20. The molecule has 0 unspecified atom stereocenters. The minimum Gasteiger partial charge on any atom is -0.403 e. The Kier molecular flexibility index (Phi) is 4.32. The minimum atomic E-state index is -0.335. The highest BCUT2D eigenvalue weighted by Gasteiger charge is 2.18. The number of nitrogens with zero attached hydrogens (tertiary/aromatic N) is 3. The third-order valence-electron chi connectivity index (χ3n) is 3.62. The molecular formula is C15H17FN4O2. The van der Waals surface area contributed by atoms with Crippen molar-refractivity contribution in [2.45, 2.75) is 25.7 Å². The summed E-state index contributed by atoms with van der Waals surface area (Å²) in [6, 6.07) is 5.54. The maximum absolute atomic E-state index is 12.9. The molecule has 1 aromatic carbocycles. The highest BCUT2D eigenvalue weighted by atomic mass is 19.1. The van der Waals surface area contributed by atoms with Crippen molar-refractivity contribution in [1.29, 1.82) is 0 Å². The lowest BCUT2D eigenvalue weighted by Gasteiger charge is -2.19. The van der Waals surface area contributed by atoms with Gasteiger partial charge in [0, 0.05) is 18.7 Å². The molecule has 1 saturated heterocycles. The third kappa shape index (κ3) is 3.41. The van der Waals surface area contributed by atoms with Crippen molar-refractivity contribution in [2.24, 2.45) is 0 Å². The van der Waals surface area contributed by atoms with Crippen LogP contribution < -0.4 is 5.32 Å². The summed E-state index contributed by atoms with van der Waals surface area (Å²) in [5, 5.41) is 10.3. The lowest BCUT2D eigenvalue weighted by atomic mass is 10.2. The predicted octanol–water partition coefficient (Wildman–Crippen LogP) is 3.28. The summed E-state index contributed by atoms with van der Waals surface area (Å²) in [6.07, 6.45) is 4.33. The Morgan fingerprint density at radius 1 is 1.09 bits per heavy atom. The van der Waals surface area contributed by atoms with Crippen LogP contribution in [-0.2, 0) is 0 Å². The zero-order chi connectivity index (χ0) is 15.4. The average Bonchev–Trinajstić information content (AvgIpc) is 2.81. The molecule has 7 heteroatoms. The molecule has 1 aliphatic heterocycles. The lowest BCUT2D eigenvalue weighted by molar-refractivity contribution is 0.213. The minimum absolute atomic E-state index is 0.0496. The number of aromatic nitrogens is 2. The highest BCUT2D eigenvalue weighted by molar-refractivity contribution is 5.87. The first-order valence-corrected chi connectivity index (χ1v) is 7.38. The molecule has 1 fully saturated rings. The molecule has 1 aromatic heterocycles. The van der Waals surface area contributed by atoms with E-state index in [9.17, 15) is 9.18 Å². The molecule has 0 radical (unpaired) electrons. The van der Waals surface area contributed by atoms with Gasteiger partial charge in [0.15, 0.2) is 0 Å². The van der Waals surface area contributed by atoms with Crippen LogP contribution in [0.15, 0.2) is 28.7 Å². The van der Waals surface area contributed by atoms with E-state index in [0.29, 0.717) is 5.56 Å². The number of nitrogens with one attached hydrogen (secondary N) is 1. The molecule has 0 spiro atoms. The molecule has 2 amide bonds. The van der Waals surface area contributed by atoms with Gasteiger partial charge in [0.25, 0.3) is 0 Å². The number of hydrogen-bond donors (Lipinski definition) is 1. The Balaban J connectivity index is 1.66. The van der Waals surface area contributed by atoms with Crippen molar-refractivity contribution in [1.82, 2.24) is 15.1 Å². The molecule has 0 saturated carbocycles. The summed E-state index contributed by atoms with van der Waals surface area (Å²) in [7, 11) is 0. The van der Waals surface area contributed by atoms with E-state index in [2.05, 4.69) is 15.5 Å². The van der Waals surface area contributed by atoms with Crippen LogP contribution >= 0.6 is 0 Å². The van der Waals surface area contributed by atoms with Gasteiger partial charge in [0.05, 0.1) is 0 Å². The van der Waals surface area contributed by atoms with Crippen molar-refractivity contribution >= 4 is 12.0 Å². The first kappa shape index (κ1) is 14.5. The second-order valence-corrected chi connectivity index (χ2v) is 5.25. The fourth-order valence-electron chi connectivity index (χ4n) is 2.43. The molecule has 116 valence electrons. The van der Waals surface area contributed by atoms with Crippen molar-refractivity contribution in [3.8, 4) is 11.5 Å². The van der Waals surface area contributed by atoms with Gasteiger partial charge >= 0.3 is 12.0 Å². The first-order valence-electron chi connectivity index (χ1n) is 7.38. The zero-order valence-corrected chi connectivity index (χ0v) is 12.1. The van der Waals surface area contributed by atoms with Gasteiger partial charge in [-0.1, -0.05) is 17.9 Å². The van der Waals surface area contributed by atoms with Crippen LogP contribution in [0.3, 0.4) is 0 Å². The van der Waals surface area contributed by atoms with E-state index in [-0.39, 0.29) is 23.8 Å². The van der Waals surface area contributed by atoms with Crippen LogP contribution in [0.2, 0.25) is 0 Å². The van der Waals surface area contributed by atoms with Crippen molar-refractivity contribution in [2.75, 3.05) is 18.4 Å². The van der Waals surface area contributed by atoms with Gasteiger partial charge in [-0.25, -0.2) is 9.18 Å². The van der Waals surface area contributed by atoms with E-state index in [1.807, 2.05) is 0 Å². The smallest absolute Gasteiger partial charge is 0.325 e. The number of carbonyl (C=O) groups is 1. The summed E-state index contributed by atoms with van der Waals surface area (Å²) in [5.41, 5.74) is 0.601. The maximum Gasteiger partial charge on any atom is 0.325 e. The van der Waals surface area contributed by atoms with Gasteiger partial charge in [-0.2, -0.15) is 0 Å². The Morgan fingerprint density at radius 2 is 1.77 bits per heavy atom. The number of halogens is 1. The first-order chi connectivity index (χ1) is 10.7. The number of rotatable bonds is 2. The van der Waals surface area contributed by atoms with Crippen LogP contribution in [0.25, 0.3) is 11.5 Å². The SMILES string of the molecule is O=C(Nc1nnc(-c2ccc(F)cc2)o1)N1CCCCCC1. The summed E-state index contributed by atoms with van der Waals surface area (Å²) in [5.74, 6) is -0.0934. The number of hydrogen-bond acceptors (Lipinski definition) is 4. The molecule has 6 nitrogen and oxygen atoms in total. The van der Waals surface area contributed by atoms with E-state index in [0.717, 1.165) is 38.8 Å². The maximum atomic E-state index is 12.9. The van der Waals surface area contributed by atoms with Crippen molar-refractivity contribution in [3.63, 3.8) is 0 Å². The van der Waals surface area contributed by atoms with E-state index < -0.39 is 0 Å². The second kappa shape index (κ2) is 6.55. The molecule has 1 N–H and O–H groups in total. The van der Waals surface area contributed by atoms with Crippen molar-refractivity contribution in [3.05, 3.63) is 30.1 Å². The van der Waals surface area contributed by atoms with Crippen molar-refractivity contribution < 1.29 is 13.6 Å². The van der Waals surface area contributed by atoms with E-state index in [1.165, 1.54) is 12.1 Å². The Hall–Kier alpha value is -2.44. The average molecular weight is 304 g/mol. The number of carbonyl (C=O) groups excluding carboxylic acids is 1. The Labute approximate surface area is 127 Å². The fourth-order valence-corrected chi connectivity index (χ4v) is 2.43. The molecule has 3 rings (SSSR count). The lowest BCUT2D eigenvalue weighted by Crippen LogP contribution is -2.35. The molecule has 22 heavy (non-hydrogen) atoms. The molecule has 0 atom stereocenters. The second-order valence-electron chi connectivity index (χ2n) is 5.25. The number of anilines is 1.